The van der Waals surface area contributed by atoms with Crippen LogP contribution in [0.4, 0.5) is 5.69 Å². The minimum Gasteiger partial charge on any atom is -0.333 e. The first kappa shape index (κ1) is 15.9. The van der Waals surface area contributed by atoms with Crippen molar-refractivity contribution in [1.29, 1.82) is 0 Å². The highest BCUT2D eigenvalue weighted by molar-refractivity contribution is 7.99. The molecule has 0 saturated carbocycles. The van der Waals surface area contributed by atoms with Crippen molar-refractivity contribution in [2.45, 2.75) is 18.5 Å². The Morgan fingerprint density at radius 2 is 2.13 bits per heavy atom. The molecule has 1 amide bonds. The summed E-state index contributed by atoms with van der Waals surface area (Å²) >= 11 is 7.49. The van der Waals surface area contributed by atoms with E-state index in [2.05, 4.69) is 15.3 Å². The Morgan fingerprint density at radius 3 is 2.96 bits per heavy atom. The lowest BCUT2D eigenvalue weighted by Crippen LogP contribution is -2.13. The Hall–Kier alpha value is -1.98. The maximum atomic E-state index is 12.0. The second-order valence-electron chi connectivity index (χ2n) is 5.16. The molecule has 0 aliphatic rings. The molecule has 0 unspecified atom stereocenters. The van der Waals surface area contributed by atoms with E-state index in [0.29, 0.717) is 17.2 Å². The monoisotopic (exact) mass is 345 g/mol. The predicted molar refractivity (Wildman–Crippen MR) is 96.3 cm³/mol. The molecule has 2 aromatic carbocycles. The van der Waals surface area contributed by atoms with Crippen molar-refractivity contribution in [3.05, 3.63) is 53.1 Å². The van der Waals surface area contributed by atoms with Gasteiger partial charge in [-0.1, -0.05) is 41.6 Å². The molecule has 118 valence electrons. The maximum Gasteiger partial charge on any atom is 0.225 e. The number of anilines is 1. The van der Waals surface area contributed by atoms with Crippen molar-refractivity contribution in [2.75, 3.05) is 11.1 Å². The van der Waals surface area contributed by atoms with E-state index in [0.717, 1.165) is 27.4 Å². The van der Waals surface area contributed by atoms with E-state index in [1.54, 1.807) is 6.07 Å². The molecule has 4 nitrogen and oxygen atoms in total. The third-order valence-corrected chi connectivity index (χ3v) is 4.52. The normalized spacial score (nSPS) is 10.9. The SMILES string of the molecule is Cc1ccc(Cl)cc1NC(=O)CCSc1nc2ccccc2[nH]1. The van der Waals surface area contributed by atoms with Crippen LogP contribution in [-0.4, -0.2) is 21.6 Å². The van der Waals surface area contributed by atoms with Crippen molar-refractivity contribution in [3.8, 4) is 0 Å². The lowest BCUT2D eigenvalue weighted by molar-refractivity contribution is -0.115. The summed E-state index contributed by atoms with van der Waals surface area (Å²) in [6.07, 6.45) is 0.410. The van der Waals surface area contributed by atoms with E-state index in [1.807, 2.05) is 43.3 Å². The average Bonchev–Trinajstić information content (AvgIpc) is 2.93. The molecule has 0 bridgehead atoms. The fourth-order valence-electron chi connectivity index (χ4n) is 2.18. The van der Waals surface area contributed by atoms with Gasteiger partial charge in [-0.05, 0) is 36.8 Å². The number of fused-ring (bicyclic) bond motifs is 1. The number of hydrogen-bond acceptors (Lipinski definition) is 3. The predicted octanol–water partition coefficient (Wildman–Crippen LogP) is 4.65. The number of benzene rings is 2. The van der Waals surface area contributed by atoms with Gasteiger partial charge in [0.05, 0.1) is 11.0 Å². The summed E-state index contributed by atoms with van der Waals surface area (Å²) < 4.78 is 0. The van der Waals surface area contributed by atoms with Gasteiger partial charge in [0, 0.05) is 22.9 Å². The molecule has 1 heterocycles. The van der Waals surface area contributed by atoms with Crippen LogP contribution in [0.1, 0.15) is 12.0 Å². The van der Waals surface area contributed by atoms with Crippen LogP contribution in [0.5, 0.6) is 0 Å². The smallest absolute Gasteiger partial charge is 0.225 e. The molecule has 0 radical (unpaired) electrons. The molecule has 2 N–H and O–H groups in total. The van der Waals surface area contributed by atoms with E-state index in [1.165, 1.54) is 11.8 Å². The van der Waals surface area contributed by atoms with E-state index >= 15 is 0 Å². The van der Waals surface area contributed by atoms with Crippen molar-refractivity contribution < 1.29 is 4.79 Å². The van der Waals surface area contributed by atoms with Crippen LogP contribution in [-0.2, 0) is 4.79 Å². The Kier molecular flexibility index (Phi) is 4.88. The molecule has 0 aliphatic heterocycles. The number of nitrogens with zero attached hydrogens (tertiary/aromatic N) is 1. The Balaban J connectivity index is 1.53. The van der Waals surface area contributed by atoms with Gasteiger partial charge in [0.1, 0.15) is 0 Å². The molecule has 6 heteroatoms. The Bertz CT molecular complexity index is 814. The molecule has 0 atom stereocenters. The number of halogens is 1. The number of H-pyrrole nitrogens is 1. The number of carbonyl (C=O) groups excluding carboxylic acids is 1. The number of rotatable bonds is 5. The lowest BCUT2D eigenvalue weighted by Gasteiger charge is -2.08. The zero-order valence-electron chi connectivity index (χ0n) is 12.6. The van der Waals surface area contributed by atoms with Gasteiger partial charge in [0.25, 0.3) is 0 Å². The summed E-state index contributed by atoms with van der Waals surface area (Å²) in [5, 5.41) is 4.34. The topological polar surface area (TPSA) is 57.8 Å². The molecule has 0 spiro atoms. The van der Waals surface area contributed by atoms with Gasteiger partial charge >= 0.3 is 0 Å². The minimum absolute atomic E-state index is 0.0287. The number of amides is 1. The first-order valence-electron chi connectivity index (χ1n) is 7.25. The summed E-state index contributed by atoms with van der Waals surface area (Å²) in [4.78, 5) is 19.8. The van der Waals surface area contributed by atoms with Crippen molar-refractivity contribution in [1.82, 2.24) is 9.97 Å². The number of imidazole rings is 1. The Morgan fingerprint density at radius 1 is 1.30 bits per heavy atom. The standard InChI is InChI=1S/C17H16ClN3OS/c1-11-6-7-12(18)10-15(11)19-16(22)8-9-23-17-20-13-4-2-3-5-14(13)21-17/h2-7,10H,8-9H2,1H3,(H,19,22)(H,20,21). The number of hydrogen-bond donors (Lipinski definition) is 2. The third-order valence-electron chi connectivity index (χ3n) is 3.41. The van der Waals surface area contributed by atoms with E-state index in [4.69, 9.17) is 11.6 Å². The fourth-order valence-corrected chi connectivity index (χ4v) is 3.18. The number of carbonyl (C=O) groups is 1. The highest BCUT2D eigenvalue weighted by Crippen LogP contribution is 2.22. The summed E-state index contributed by atoms with van der Waals surface area (Å²) in [6, 6.07) is 13.3. The first-order valence-corrected chi connectivity index (χ1v) is 8.62. The molecule has 0 aliphatic carbocycles. The van der Waals surface area contributed by atoms with Gasteiger partial charge in [0.2, 0.25) is 5.91 Å². The number of aromatic nitrogens is 2. The minimum atomic E-state index is -0.0287. The van der Waals surface area contributed by atoms with Gasteiger partial charge in [-0.2, -0.15) is 0 Å². The molecule has 0 saturated heterocycles. The largest absolute Gasteiger partial charge is 0.333 e. The summed E-state index contributed by atoms with van der Waals surface area (Å²) in [5.74, 6) is 0.629. The van der Waals surface area contributed by atoms with Crippen molar-refractivity contribution in [3.63, 3.8) is 0 Å². The average molecular weight is 346 g/mol. The third kappa shape index (κ3) is 4.06. The van der Waals surface area contributed by atoms with Crippen LogP contribution >= 0.6 is 23.4 Å². The lowest BCUT2D eigenvalue weighted by atomic mass is 10.2. The van der Waals surface area contributed by atoms with Crippen LogP contribution in [0, 0.1) is 6.92 Å². The molecular formula is C17H16ClN3OS. The maximum absolute atomic E-state index is 12.0. The number of aryl methyl sites for hydroxylation is 1. The highest BCUT2D eigenvalue weighted by Gasteiger charge is 2.07. The summed E-state index contributed by atoms with van der Waals surface area (Å²) in [5.41, 5.74) is 3.70. The highest BCUT2D eigenvalue weighted by atomic mass is 35.5. The van der Waals surface area contributed by atoms with Crippen LogP contribution in [0.3, 0.4) is 0 Å². The zero-order valence-corrected chi connectivity index (χ0v) is 14.2. The van der Waals surface area contributed by atoms with Crippen molar-refractivity contribution >= 4 is 46.0 Å². The zero-order chi connectivity index (χ0) is 16.2. The van der Waals surface area contributed by atoms with Gasteiger partial charge in [-0.3, -0.25) is 4.79 Å². The van der Waals surface area contributed by atoms with Crippen LogP contribution in [0.25, 0.3) is 11.0 Å². The van der Waals surface area contributed by atoms with E-state index < -0.39 is 0 Å². The molecule has 3 aromatic rings. The summed E-state index contributed by atoms with van der Waals surface area (Å²) in [7, 11) is 0. The quantitative estimate of drug-likeness (QED) is 0.662. The van der Waals surface area contributed by atoms with E-state index in [9.17, 15) is 4.79 Å². The number of nitrogens with one attached hydrogen (secondary N) is 2. The van der Waals surface area contributed by atoms with E-state index in [-0.39, 0.29) is 5.91 Å². The molecule has 1 aromatic heterocycles. The molecule has 3 rings (SSSR count). The fraction of sp³-hybridized carbons (Fsp3) is 0.176. The molecular weight excluding hydrogens is 330 g/mol. The van der Waals surface area contributed by atoms with Gasteiger partial charge in [-0.25, -0.2) is 4.98 Å². The first-order chi connectivity index (χ1) is 11.1. The van der Waals surface area contributed by atoms with Gasteiger partial charge < -0.3 is 10.3 Å². The second kappa shape index (κ2) is 7.06. The number of para-hydroxylation sites is 2. The number of thioether (sulfide) groups is 1. The van der Waals surface area contributed by atoms with Crippen LogP contribution < -0.4 is 5.32 Å². The second-order valence-corrected chi connectivity index (χ2v) is 6.69. The summed E-state index contributed by atoms with van der Waals surface area (Å²) in [6.45, 7) is 1.94. The Labute approximate surface area is 143 Å². The van der Waals surface area contributed by atoms with Crippen LogP contribution in [0.15, 0.2) is 47.6 Å². The van der Waals surface area contributed by atoms with Crippen molar-refractivity contribution in [2.24, 2.45) is 0 Å². The number of aromatic amines is 1. The van der Waals surface area contributed by atoms with Gasteiger partial charge in [0.15, 0.2) is 5.16 Å². The van der Waals surface area contributed by atoms with Gasteiger partial charge in [-0.15, -0.1) is 0 Å². The van der Waals surface area contributed by atoms with Crippen LogP contribution in [0.2, 0.25) is 5.02 Å². The molecule has 23 heavy (non-hydrogen) atoms. The molecule has 0 fully saturated rings.